The van der Waals surface area contributed by atoms with Gasteiger partial charge in [0.05, 0.1) is 5.01 Å². The predicted molar refractivity (Wildman–Crippen MR) is 70.2 cm³/mol. The first-order valence-electron chi connectivity index (χ1n) is 5.23. The van der Waals surface area contributed by atoms with Crippen molar-refractivity contribution in [2.75, 3.05) is 13.6 Å². The Kier molecular flexibility index (Phi) is 3.86. The van der Waals surface area contributed by atoms with Crippen LogP contribution in [-0.2, 0) is 11.2 Å². The Bertz CT molecular complexity index is 493. The van der Waals surface area contributed by atoms with Crippen molar-refractivity contribution < 1.29 is 4.79 Å². The number of carbonyl (C=O) groups excluding carboxylic acids is 1. The van der Waals surface area contributed by atoms with Gasteiger partial charge in [-0.2, -0.15) is 0 Å². The lowest BCUT2D eigenvalue weighted by atomic mass is 10.4. The summed E-state index contributed by atoms with van der Waals surface area (Å²) in [6.45, 7) is 2.28. The van der Waals surface area contributed by atoms with Gasteiger partial charge >= 0.3 is 0 Å². The van der Waals surface area contributed by atoms with Crippen molar-refractivity contribution in [1.82, 2.24) is 14.9 Å². The van der Waals surface area contributed by atoms with E-state index in [9.17, 15) is 4.79 Å². The quantitative estimate of drug-likeness (QED) is 0.854. The van der Waals surface area contributed by atoms with Crippen LogP contribution in [-0.4, -0.2) is 34.4 Å². The SMILES string of the molecule is CC(=O)N(C)CCc1nc(-c2nccs2)cs1. The maximum Gasteiger partial charge on any atom is 0.219 e. The second kappa shape index (κ2) is 5.37. The molecule has 0 saturated heterocycles. The molecule has 0 saturated carbocycles. The first-order valence-corrected chi connectivity index (χ1v) is 6.98. The molecule has 4 nitrogen and oxygen atoms in total. The lowest BCUT2D eigenvalue weighted by molar-refractivity contribution is -0.127. The molecule has 0 fully saturated rings. The Labute approximate surface area is 108 Å². The van der Waals surface area contributed by atoms with Crippen LogP contribution in [0.4, 0.5) is 0 Å². The zero-order valence-corrected chi connectivity index (χ0v) is 11.3. The highest BCUT2D eigenvalue weighted by molar-refractivity contribution is 7.14. The molecule has 0 aromatic carbocycles. The van der Waals surface area contributed by atoms with E-state index in [0.29, 0.717) is 6.54 Å². The van der Waals surface area contributed by atoms with E-state index >= 15 is 0 Å². The van der Waals surface area contributed by atoms with E-state index in [4.69, 9.17) is 0 Å². The third-order valence-corrected chi connectivity index (χ3v) is 4.11. The Balaban J connectivity index is 1.97. The highest BCUT2D eigenvalue weighted by atomic mass is 32.1. The van der Waals surface area contributed by atoms with E-state index in [-0.39, 0.29) is 5.91 Å². The van der Waals surface area contributed by atoms with Crippen molar-refractivity contribution in [2.24, 2.45) is 0 Å². The summed E-state index contributed by atoms with van der Waals surface area (Å²) in [5, 5.41) is 5.95. The zero-order valence-electron chi connectivity index (χ0n) is 9.71. The number of aromatic nitrogens is 2. The predicted octanol–water partition coefficient (Wildman–Crippen LogP) is 2.29. The molecule has 0 bridgehead atoms. The molecule has 90 valence electrons. The number of hydrogen-bond acceptors (Lipinski definition) is 5. The molecule has 2 heterocycles. The molecular formula is C11H13N3OS2. The van der Waals surface area contributed by atoms with Gasteiger partial charge in [0, 0.05) is 43.9 Å². The third kappa shape index (κ3) is 3.10. The molecule has 2 rings (SSSR count). The van der Waals surface area contributed by atoms with Crippen molar-refractivity contribution in [2.45, 2.75) is 13.3 Å². The fourth-order valence-electron chi connectivity index (χ4n) is 1.29. The molecule has 0 radical (unpaired) electrons. The molecule has 0 aliphatic rings. The fraction of sp³-hybridized carbons (Fsp3) is 0.364. The van der Waals surface area contributed by atoms with E-state index in [1.807, 2.05) is 10.8 Å². The number of thiazole rings is 2. The molecule has 0 unspecified atom stereocenters. The smallest absolute Gasteiger partial charge is 0.219 e. The van der Waals surface area contributed by atoms with E-state index in [1.165, 1.54) is 0 Å². The standard InChI is InChI=1S/C11H13N3OS2/c1-8(15)14(2)5-3-10-13-9(7-17-10)11-12-4-6-16-11/h4,6-7H,3,5H2,1-2H3. The molecule has 2 aromatic rings. The van der Waals surface area contributed by atoms with E-state index < -0.39 is 0 Å². The Hall–Kier alpha value is -1.27. The van der Waals surface area contributed by atoms with Crippen LogP contribution in [0, 0.1) is 0 Å². The highest BCUT2D eigenvalue weighted by Crippen LogP contribution is 2.23. The fourth-order valence-corrected chi connectivity index (χ4v) is 2.74. The minimum Gasteiger partial charge on any atom is -0.346 e. The Morgan fingerprint density at radius 2 is 2.29 bits per heavy atom. The van der Waals surface area contributed by atoms with Crippen molar-refractivity contribution in [1.29, 1.82) is 0 Å². The van der Waals surface area contributed by atoms with Crippen LogP contribution in [0.3, 0.4) is 0 Å². The summed E-state index contributed by atoms with van der Waals surface area (Å²) in [6.07, 6.45) is 2.58. The van der Waals surface area contributed by atoms with E-state index in [2.05, 4.69) is 9.97 Å². The molecular weight excluding hydrogens is 254 g/mol. The number of likely N-dealkylation sites (N-methyl/N-ethyl adjacent to an activating group) is 1. The molecule has 0 aliphatic carbocycles. The van der Waals surface area contributed by atoms with Gasteiger partial charge in [-0.15, -0.1) is 22.7 Å². The van der Waals surface area contributed by atoms with E-state index in [0.717, 1.165) is 22.1 Å². The van der Waals surface area contributed by atoms with Gasteiger partial charge in [-0.3, -0.25) is 4.79 Å². The summed E-state index contributed by atoms with van der Waals surface area (Å²) in [5.74, 6) is 0.0849. The molecule has 0 aliphatic heterocycles. The number of carbonyl (C=O) groups is 1. The molecule has 0 N–H and O–H groups in total. The maximum absolute atomic E-state index is 11.1. The topological polar surface area (TPSA) is 46.1 Å². The highest BCUT2D eigenvalue weighted by Gasteiger charge is 2.08. The lowest BCUT2D eigenvalue weighted by Gasteiger charge is -2.12. The number of nitrogens with zero attached hydrogens (tertiary/aromatic N) is 3. The molecule has 0 atom stereocenters. The third-order valence-electron chi connectivity index (χ3n) is 2.40. The average Bonchev–Trinajstić information content (AvgIpc) is 2.95. The summed E-state index contributed by atoms with van der Waals surface area (Å²) in [6, 6.07) is 0. The first kappa shape index (κ1) is 12.2. The van der Waals surface area contributed by atoms with Crippen LogP contribution in [0.1, 0.15) is 11.9 Å². The van der Waals surface area contributed by atoms with Crippen LogP contribution < -0.4 is 0 Å². The summed E-state index contributed by atoms with van der Waals surface area (Å²) in [5.41, 5.74) is 0.936. The van der Waals surface area contributed by atoms with Gasteiger partial charge in [-0.05, 0) is 0 Å². The molecule has 17 heavy (non-hydrogen) atoms. The lowest BCUT2D eigenvalue weighted by Crippen LogP contribution is -2.26. The minimum atomic E-state index is 0.0849. The van der Waals surface area contributed by atoms with Crippen LogP contribution in [0.25, 0.3) is 10.7 Å². The molecule has 0 spiro atoms. The average molecular weight is 267 g/mol. The van der Waals surface area contributed by atoms with Gasteiger partial charge in [0.25, 0.3) is 0 Å². The number of hydrogen-bond donors (Lipinski definition) is 0. The van der Waals surface area contributed by atoms with Crippen LogP contribution >= 0.6 is 22.7 Å². The van der Waals surface area contributed by atoms with Gasteiger partial charge in [0.2, 0.25) is 5.91 Å². The van der Waals surface area contributed by atoms with Crippen molar-refractivity contribution in [3.05, 3.63) is 22.0 Å². The van der Waals surface area contributed by atoms with Crippen LogP contribution in [0.15, 0.2) is 17.0 Å². The molecule has 6 heteroatoms. The number of rotatable bonds is 4. The summed E-state index contributed by atoms with van der Waals surface area (Å²) in [4.78, 5) is 21.5. The second-order valence-electron chi connectivity index (χ2n) is 3.65. The van der Waals surface area contributed by atoms with Gasteiger partial charge < -0.3 is 4.90 Å². The summed E-state index contributed by atoms with van der Waals surface area (Å²) >= 11 is 3.21. The van der Waals surface area contributed by atoms with Crippen LogP contribution in [0.5, 0.6) is 0 Å². The number of amides is 1. The van der Waals surface area contributed by atoms with Gasteiger partial charge in [-0.25, -0.2) is 9.97 Å². The Morgan fingerprint density at radius 3 is 2.94 bits per heavy atom. The minimum absolute atomic E-state index is 0.0849. The Morgan fingerprint density at radius 1 is 1.47 bits per heavy atom. The normalized spacial score (nSPS) is 10.5. The molecule has 1 amide bonds. The summed E-state index contributed by atoms with van der Waals surface area (Å²) < 4.78 is 0. The van der Waals surface area contributed by atoms with Gasteiger partial charge in [0.15, 0.2) is 0 Å². The summed E-state index contributed by atoms with van der Waals surface area (Å²) in [7, 11) is 1.80. The molecule has 2 aromatic heterocycles. The van der Waals surface area contributed by atoms with Crippen LogP contribution in [0.2, 0.25) is 0 Å². The largest absolute Gasteiger partial charge is 0.346 e. The monoisotopic (exact) mass is 267 g/mol. The maximum atomic E-state index is 11.1. The van der Waals surface area contributed by atoms with Crippen molar-refractivity contribution in [3.8, 4) is 10.7 Å². The van der Waals surface area contributed by atoms with Gasteiger partial charge in [0.1, 0.15) is 10.7 Å². The van der Waals surface area contributed by atoms with Crippen molar-refractivity contribution in [3.63, 3.8) is 0 Å². The zero-order chi connectivity index (χ0) is 12.3. The second-order valence-corrected chi connectivity index (χ2v) is 5.49. The van der Waals surface area contributed by atoms with E-state index in [1.54, 1.807) is 47.7 Å². The van der Waals surface area contributed by atoms with Crippen molar-refractivity contribution >= 4 is 28.6 Å². The first-order chi connectivity index (χ1) is 8.16. The van der Waals surface area contributed by atoms with Gasteiger partial charge in [-0.1, -0.05) is 0 Å².